The van der Waals surface area contributed by atoms with Crippen molar-refractivity contribution >= 4 is 0 Å². The molecule has 1 aliphatic carbocycles. The van der Waals surface area contributed by atoms with Crippen LogP contribution in [-0.2, 0) is 5.41 Å². The van der Waals surface area contributed by atoms with Crippen LogP contribution in [0, 0.1) is 17.2 Å². The molecule has 0 amide bonds. The van der Waals surface area contributed by atoms with Gasteiger partial charge in [0.15, 0.2) is 0 Å². The molecule has 0 aromatic heterocycles. The molecule has 94 valence electrons. The Bertz CT molecular complexity index is 487. The maximum absolute atomic E-state index is 10.3. The van der Waals surface area contributed by atoms with Crippen molar-refractivity contribution < 1.29 is 5.11 Å². The molecule has 1 N–H and O–H groups in total. The van der Waals surface area contributed by atoms with Gasteiger partial charge >= 0.3 is 0 Å². The highest BCUT2D eigenvalue weighted by Gasteiger charge is 2.50. The van der Waals surface area contributed by atoms with Gasteiger partial charge in [0.2, 0.25) is 0 Å². The molecule has 1 saturated carbocycles. The summed E-state index contributed by atoms with van der Waals surface area (Å²) in [6.07, 6.45) is 1.81. The molecule has 0 radical (unpaired) electrons. The van der Waals surface area contributed by atoms with Gasteiger partial charge in [-0.05, 0) is 50.3 Å². The highest BCUT2D eigenvalue weighted by atomic mass is 16.3. The Morgan fingerprint density at radius 3 is 2.33 bits per heavy atom. The van der Waals surface area contributed by atoms with Crippen molar-refractivity contribution in [1.82, 2.24) is 0 Å². The summed E-state index contributed by atoms with van der Waals surface area (Å²) >= 11 is 0. The smallest absolute Gasteiger partial charge is 0.0991 e. The number of aliphatic hydroxyl groups excluding tert-OH is 1. The Morgan fingerprint density at radius 1 is 1.44 bits per heavy atom. The maximum atomic E-state index is 10.3. The SMILES string of the molecule is C=C(C)C(c1ccc(C#N)cc1)(C(C)O)C1CC1. The molecule has 0 aliphatic heterocycles. The van der Waals surface area contributed by atoms with Crippen LogP contribution in [0.15, 0.2) is 36.4 Å². The fraction of sp³-hybridized carbons (Fsp3) is 0.438. The monoisotopic (exact) mass is 241 g/mol. The molecule has 2 unspecified atom stereocenters. The second-order valence-electron chi connectivity index (χ2n) is 5.29. The fourth-order valence-electron chi connectivity index (χ4n) is 3.13. The van der Waals surface area contributed by atoms with E-state index in [0.29, 0.717) is 11.5 Å². The maximum Gasteiger partial charge on any atom is 0.0991 e. The van der Waals surface area contributed by atoms with Crippen molar-refractivity contribution in [2.45, 2.75) is 38.2 Å². The number of benzene rings is 1. The highest BCUT2D eigenvalue weighted by Crippen LogP contribution is 2.53. The average Bonchev–Trinajstić information content (AvgIpc) is 3.14. The minimum Gasteiger partial charge on any atom is -0.392 e. The topological polar surface area (TPSA) is 44.0 Å². The Morgan fingerprint density at radius 2 is 2.00 bits per heavy atom. The number of aliphatic hydroxyl groups is 1. The molecular formula is C16H19NO. The largest absolute Gasteiger partial charge is 0.392 e. The van der Waals surface area contributed by atoms with E-state index in [1.165, 1.54) is 0 Å². The minimum atomic E-state index is -0.463. The predicted molar refractivity (Wildman–Crippen MR) is 72.1 cm³/mol. The van der Waals surface area contributed by atoms with Crippen LogP contribution in [0.5, 0.6) is 0 Å². The molecule has 1 aromatic rings. The zero-order valence-electron chi connectivity index (χ0n) is 11.0. The number of nitriles is 1. The Kier molecular flexibility index (Phi) is 3.28. The van der Waals surface area contributed by atoms with Crippen molar-refractivity contribution in [1.29, 1.82) is 5.26 Å². The molecule has 1 fully saturated rings. The van der Waals surface area contributed by atoms with E-state index in [1.807, 2.05) is 38.1 Å². The van der Waals surface area contributed by atoms with Gasteiger partial charge in [0.05, 0.1) is 17.7 Å². The number of hydrogen-bond donors (Lipinski definition) is 1. The molecule has 18 heavy (non-hydrogen) atoms. The first kappa shape index (κ1) is 12.9. The van der Waals surface area contributed by atoms with Crippen LogP contribution in [-0.4, -0.2) is 11.2 Å². The zero-order valence-corrected chi connectivity index (χ0v) is 11.0. The summed E-state index contributed by atoms with van der Waals surface area (Å²) in [5, 5.41) is 19.2. The van der Waals surface area contributed by atoms with Crippen LogP contribution < -0.4 is 0 Å². The third-order valence-corrected chi connectivity index (χ3v) is 4.08. The Balaban J connectivity index is 2.52. The standard InChI is InChI=1S/C16H19NO/c1-11(2)16(12(3)18,15-8-9-15)14-6-4-13(10-17)5-7-14/h4-7,12,15,18H,1,8-9H2,2-3H3. The van der Waals surface area contributed by atoms with Gasteiger partial charge in [-0.1, -0.05) is 24.3 Å². The molecule has 0 saturated heterocycles. The summed E-state index contributed by atoms with van der Waals surface area (Å²) in [6.45, 7) is 7.93. The average molecular weight is 241 g/mol. The van der Waals surface area contributed by atoms with Crippen molar-refractivity contribution in [3.63, 3.8) is 0 Å². The molecule has 2 atom stereocenters. The zero-order chi connectivity index (χ0) is 13.3. The third-order valence-electron chi connectivity index (χ3n) is 4.08. The lowest BCUT2D eigenvalue weighted by molar-refractivity contribution is 0.104. The quantitative estimate of drug-likeness (QED) is 0.823. The van der Waals surface area contributed by atoms with Crippen LogP contribution in [0.2, 0.25) is 0 Å². The van der Waals surface area contributed by atoms with Gasteiger partial charge in [-0.3, -0.25) is 0 Å². The lowest BCUT2D eigenvalue weighted by atomic mass is 9.67. The van der Waals surface area contributed by atoms with Crippen LogP contribution in [0.25, 0.3) is 0 Å². The van der Waals surface area contributed by atoms with Crippen molar-refractivity contribution in [2.24, 2.45) is 5.92 Å². The molecule has 1 aliphatic rings. The molecule has 1 aromatic carbocycles. The summed E-state index contributed by atoms with van der Waals surface area (Å²) in [5.41, 5.74) is 2.38. The van der Waals surface area contributed by atoms with Gasteiger partial charge in [-0.25, -0.2) is 0 Å². The van der Waals surface area contributed by atoms with E-state index in [9.17, 15) is 5.11 Å². The van der Waals surface area contributed by atoms with E-state index < -0.39 is 6.10 Å². The lowest BCUT2D eigenvalue weighted by Gasteiger charge is -2.38. The predicted octanol–water partition coefficient (Wildman–Crippen LogP) is 3.16. The van der Waals surface area contributed by atoms with Gasteiger partial charge in [-0.15, -0.1) is 0 Å². The molecule has 0 heterocycles. The van der Waals surface area contributed by atoms with Crippen LogP contribution in [0.1, 0.15) is 37.8 Å². The minimum absolute atomic E-state index is 0.353. The van der Waals surface area contributed by atoms with E-state index in [0.717, 1.165) is 24.0 Å². The van der Waals surface area contributed by atoms with Gasteiger partial charge in [0.1, 0.15) is 0 Å². The second kappa shape index (κ2) is 4.59. The molecule has 2 heteroatoms. The molecule has 2 nitrogen and oxygen atoms in total. The summed E-state index contributed by atoms with van der Waals surface area (Å²) in [6, 6.07) is 9.67. The summed E-state index contributed by atoms with van der Waals surface area (Å²) < 4.78 is 0. The number of nitrogens with zero attached hydrogens (tertiary/aromatic N) is 1. The lowest BCUT2D eigenvalue weighted by Crippen LogP contribution is -2.41. The first-order chi connectivity index (χ1) is 8.53. The van der Waals surface area contributed by atoms with Crippen LogP contribution in [0.4, 0.5) is 0 Å². The summed E-state index contributed by atoms with van der Waals surface area (Å²) in [7, 11) is 0. The summed E-state index contributed by atoms with van der Waals surface area (Å²) in [5.74, 6) is 0.475. The molecule has 0 spiro atoms. The summed E-state index contributed by atoms with van der Waals surface area (Å²) in [4.78, 5) is 0. The second-order valence-corrected chi connectivity index (χ2v) is 5.29. The molecule has 2 rings (SSSR count). The van der Waals surface area contributed by atoms with Crippen molar-refractivity contribution in [2.75, 3.05) is 0 Å². The van der Waals surface area contributed by atoms with Crippen LogP contribution >= 0.6 is 0 Å². The third kappa shape index (κ3) is 1.85. The van der Waals surface area contributed by atoms with E-state index in [-0.39, 0.29) is 5.41 Å². The van der Waals surface area contributed by atoms with E-state index >= 15 is 0 Å². The van der Waals surface area contributed by atoms with E-state index in [2.05, 4.69) is 12.6 Å². The van der Waals surface area contributed by atoms with Crippen molar-refractivity contribution in [3.8, 4) is 6.07 Å². The van der Waals surface area contributed by atoms with Crippen LogP contribution in [0.3, 0.4) is 0 Å². The van der Waals surface area contributed by atoms with Gasteiger partial charge in [0, 0.05) is 5.41 Å². The first-order valence-electron chi connectivity index (χ1n) is 6.38. The molecular weight excluding hydrogens is 222 g/mol. The van der Waals surface area contributed by atoms with Gasteiger partial charge in [0.25, 0.3) is 0 Å². The number of hydrogen-bond acceptors (Lipinski definition) is 2. The Hall–Kier alpha value is -1.59. The van der Waals surface area contributed by atoms with Gasteiger partial charge in [-0.2, -0.15) is 5.26 Å². The van der Waals surface area contributed by atoms with E-state index in [1.54, 1.807) is 0 Å². The first-order valence-corrected chi connectivity index (χ1v) is 6.38. The van der Waals surface area contributed by atoms with E-state index in [4.69, 9.17) is 5.26 Å². The Labute approximate surface area is 109 Å². The van der Waals surface area contributed by atoms with Crippen molar-refractivity contribution in [3.05, 3.63) is 47.5 Å². The van der Waals surface area contributed by atoms with Gasteiger partial charge < -0.3 is 5.11 Å². The normalized spacial score (nSPS) is 19.7. The fourth-order valence-corrected chi connectivity index (χ4v) is 3.13. The molecule has 0 bridgehead atoms. The number of rotatable bonds is 4. The highest BCUT2D eigenvalue weighted by molar-refractivity contribution is 5.42.